The van der Waals surface area contributed by atoms with Crippen molar-refractivity contribution in [3.8, 4) is 0 Å². The summed E-state index contributed by atoms with van der Waals surface area (Å²) in [6.45, 7) is 0. The first kappa shape index (κ1) is 16.1. The monoisotopic (exact) mass is 166 g/mol. The Balaban J connectivity index is -0.0000000133. The molecule has 0 heterocycles. The van der Waals surface area contributed by atoms with Crippen LogP contribution in [-0.2, 0) is 39.8 Å². The Hall–Kier alpha value is 1.42. The Morgan fingerprint density at radius 1 is 1.20 bits per heavy atom. The third kappa shape index (κ3) is 31.5. The van der Waals surface area contributed by atoms with E-state index in [1.165, 1.54) is 16.2 Å². The minimum atomic E-state index is 0. The van der Waals surface area contributed by atoms with Gasteiger partial charge in [-0.15, -0.1) is 0 Å². The van der Waals surface area contributed by atoms with Crippen molar-refractivity contribution in [2.24, 2.45) is 0 Å². The Labute approximate surface area is 62.5 Å². The molecule has 0 N–H and O–H groups in total. The molecule has 0 unspecified atom stereocenters. The molecule has 0 aromatic carbocycles. The minimum absolute atomic E-state index is 0. The molecule has 0 amide bonds. The summed E-state index contributed by atoms with van der Waals surface area (Å²) >= 11 is 3.38. The maximum absolute atomic E-state index is 8.12. The molecule has 0 aromatic rings. The summed E-state index contributed by atoms with van der Waals surface area (Å²) in [6, 6.07) is 0. The van der Waals surface area contributed by atoms with Gasteiger partial charge in [-0.25, -0.2) is 0 Å². The molecule has 0 rings (SSSR count). The van der Waals surface area contributed by atoms with E-state index in [4.69, 9.17) is 7.64 Å². The van der Waals surface area contributed by atoms with Crippen molar-refractivity contribution in [2.75, 3.05) is 0 Å². The van der Waals surface area contributed by atoms with Crippen LogP contribution in [0.1, 0.15) is 0 Å². The standard InChI is InChI=1S/Cr.Fe.Mg.2O.2H. The van der Waals surface area contributed by atoms with E-state index in [1.54, 1.807) is 0 Å². The van der Waals surface area contributed by atoms with Crippen LogP contribution in [0.3, 0.4) is 0 Å². The van der Waals surface area contributed by atoms with Crippen molar-refractivity contribution < 1.29 is 39.8 Å². The molecule has 0 atom stereocenters. The molecular weight excluding hydrogens is 164 g/mol. The zero-order chi connectivity index (χ0) is 4.00. The summed E-state index contributed by atoms with van der Waals surface area (Å²) in [7, 11) is 0. The van der Waals surface area contributed by atoms with E-state index >= 15 is 0 Å². The van der Waals surface area contributed by atoms with E-state index in [1.807, 2.05) is 15.9 Å². The van der Waals surface area contributed by atoms with E-state index in [-0.39, 0.29) is 23.1 Å². The Bertz CT molecular complexity index is 11.6. The molecule has 0 saturated carbocycles. The Morgan fingerprint density at radius 3 is 1.20 bits per heavy atom. The molecule has 0 bridgehead atoms. The normalized spacial score (nSPS) is 1.80. The first-order chi connectivity index (χ1) is 2.00. The van der Waals surface area contributed by atoms with Crippen molar-refractivity contribution >= 4 is 23.1 Å². The molecule has 0 aliphatic heterocycles. The van der Waals surface area contributed by atoms with E-state index in [2.05, 4.69) is 0 Å². The molecule has 0 saturated heterocycles. The average Bonchev–Trinajstić information content (AvgIpc) is 1.50. The van der Waals surface area contributed by atoms with Gasteiger partial charge in [0.2, 0.25) is 0 Å². The van der Waals surface area contributed by atoms with Crippen LogP contribution in [0.25, 0.3) is 0 Å². The predicted octanol–water partition coefficient (Wildman–Crippen LogP) is -1.16. The summed E-state index contributed by atoms with van der Waals surface area (Å²) < 4.78 is 16.1. The number of hydrogen-bond acceptors (Lipinski definition) is 2. The summed E-state index contributed by atoms with van der Waals surface area (Å²) in [5, 5.41) is 0. The van der Waals surface area contributed by atoms with E-state index in [9.17, 15) is 0 Å². The van der Waals surface area contributed by atoms with E-state index in [0.29, 0.717) is 0 Å². The molecule has 0 aliphatic carbocycles. The number of hydrogen-bond donors (Lipinski definition) is 0. The summed E-state index contributed by atoms with van der Waals surface area (Å²) in [6.07, 6.45) is 0. The first-order valence-corrected chi connectivity index (χ1v) is 1.28. The Kier molecular flexibility index (Phi) is 170. The molecule has 5 heteroatoms. The van der Waals surface area contributed by atoms with Crippen LogP contribution in [0.15, 0.2) is 0 Å². The second kappa shape index (κ2) is 52.6. The van der Waals surface area contributed by atoms with Gasteiger partial charge in [0.25, 0.3) is 0 Å². The van der Waals surface area contributed by atoms with Crippen molar-refractivity contribution in [3.63, 3.8) is 0 Å². The van der Waals surface area contributed by atoms with Crippen molar-refractivity contribution in [1.82, 2.24) is 0 Å². The second-order valence-corrected chi connectivity index (χ2v) is 0. The van der Waals surface area contributed by atoms with Gasteiger partial charge in [-0.1, -0.05) is 0 Å². The summed E-state index contributed by atoms with van der Waals surface area (Å²) in [4.78, 5) is 0. The van der Waals surface area contributed by atoms with Gasteiger partial charge < -0.3 is 0 Å². The molecule has 2 nitrogen and oxygen atoms in total. The van der Waals surface area contributed by atoms with Crippen LogP contribution >= 0.6 is 0 Å². The van der Waals surface area contributed by atoms with Crippen LogP contribution in [-0.4, -0.2) is 23.1 Å². The van der Waals surface area contributed by atoms with Gasteiger partial charge in [0.05, 0.1) is 0 Å². The molecule has 0 spiro atoms. The van der Waals surface area contributed by atoms with E-state index < -0.39 is 0 Å². The number of rotatable bonds is 0. The average molecular weight is 166 g/mol. The van der Waals surface area contributed by atoms with Crippen LogP contribution in [0.4, 0.5) is 0 Å². The van der Waals surface area contributed by atoms with Gasteiger partial charge in [-0.2, -0.15) is 0 Å². The first-order valence-electron chi connectivity index (χ1n) is 0.311. The fourth-order valence-electron chi connectivity index (χ4n) is 0. The van der Waals surface area contributed by atoms with Crippen LogP contribution in [0, 0.1) is 0 Å². The van der Waals surface area contributed by atoms with Crippen LogP contribution in [0.5, 0.6) is 0 Å². The molecule has 0 aliphatic rings. The zero-order valence-corrected chi connectivity index (χ0v) is 3.96. The SMILES string of the molecule is [MgH2].[O]=[Cr].[O]=[Fe]. The van der Waals surface area contributed by atoms with Gasteiger partial charge in [0.15, 0.2) is 0 Å². The molecular formula is H2CrFeMgO2. The second-order valence-electron chi connectivity index (χ2n) is 0. The molecule has 30 valence electrons. The molecule has 5 heavy (non-hydrogen) atoms. The maximum atomic E-state index is 8.12. The molecule has 0 aromatic heterocycles. The van der Waals surface area contributed by atoms with Gasteiger partial charge in [-0.05, 0) is 0 Å². The Morgan fingerprint density at radius 2 is 1.20 bits per heavy atom. The zero-order valence-electron chi connectivity index (χ0n) is 1.58. The summed E-state index contributed by atoms with van der Waals surface area (Å²) in [5.41, 5.74) is 0. The van der Waals surface area contributed by atoms with Gasteiger partial charge in [-0.3, -0.25) is 0 Å². The fourth-order valence-corrected chi connectivity index (χ4v) is 0. The van der Waals surface area contributed by atoms with Crippen molar-refractivity contribution in [3.05, 3.63) is 0 Å². The van der Waals surface area contributed by atoms with E-state index in [0.717, 1.165) is 0 Å². The van der Waals surface area contributed by atoms with Crippen LogP contribution in [0.2, 0.25) is 0 Å². The van der Waals surface area contributed by atoms with Gasteiger partial charge in [0, 0.05) is 0 Å². The van der Waals surface area contributed by atoms with Gasteiger partial charge in [0.1, 0.15) is 0 Å². The summed E-state index contributed by atoms with van der Waals surface area (Å²) in [5.74, 6) is 0. The van der Waals surface area contributed by atoms with Gasteiger partial charge >= 0.3 is 62.9 Å². The predicted molar refractivity (Wildman–Crippen MR) is 9.92 cm³/mol. The quantitative estimate of drug-likeness (QED) is 0.425. The third-order valence-corrected chi connectivity index (χ3v) is 0. The molecule has 0 radical (unpaired) electrons. The topological polar surface area (TPSA) is 34.1 Å². The van der Waals surface area contributed by atoms with Crippen LogP contribution < -0.4 is 0 Å². The fraction of sp³-hybridized carbons (Fsp3) is 0. The molecule has 0 fully saturated rings. The third-order valence-electron chi connectivity index (χ3n) is 0. The van der Waals surface area contributed by atoms with Crippen molar-refractivity contribution in [1.29, 1.82) is 0 Å². The van der Waals surface area contributed by atoms with Crippen molar-refractivity contribution in [2.45, 2.75) is 0 Å².